The molecule has 5 nitrogen and oxygen atoms in total. The molecule has 2 heterocycles. The standard InChI is InChI=1S/C14H27N3O2.HI/c1-3-15-13(16-9-12-5-4-7-19-12)17-10-14(2)6-8-18-11-14;/h12H,3-11H2,1-2H3,(H2,15,16,17);1H. The van der Waals surface area contributed by atoms with Crippen LogP contribution in [0.4, 0.5) is 0 Å². The zero-order valence-corrected chi connectivity index (χ0v) is 14.9. The Hall–Kier alpha value is -0.0800. The molecule has 0 amide bonds. The lowest BCUT2D eigenvalue weighted by molar-refractivity contribution is 0.113. The van der Waals surface area contributed by atoms with Gasteiger partial charge in [0, 0.05) is 31.7 Å². The Kier molecular flexibility index (Phi) is 8.13. The fourth-order valence-electron chi connectivity index (χ4n) is 2.46. The summed E-state index contributed by atoms with van der Waals surface area (Å²) in [7, 11) is 0. The maximum absolute atomic E-state index is 5.61. The predicted molar refractivity (Wildman–Crippen MR) is 91.9 cm³/mol. The largest absolute Gasteiger partial charge is 0.381 e. The summed E-state index contributed by atoms with van der Waals surface area (Å²) >= 11 is 0. The van der Waals surface area contributed by atoms with Crippen molar-refractivity contribution >= 4 is 29.9 Å². The second kappa shape index (κ2) is 9.04. The van der Waals surface area contributed by atoms with Crippen molar-refractivity contribution in [3.8, 4) is 0 Å². The van der Waals surface area contributed by atoms with Crippen LogP contribution in [0.5, 0.6) is 0 Å². The molecule has 2 saturated heterocycles. The second-order valence-electron chi connectivity index (χ2n) is 5.82. The second-order valence-corrected chi connectivity index (χ2v) is 5.82. The topological polar surface area (TPSA) is 54.9 Å². The van der Waals surface area contributed by atoms with Gasteiger partial charge >= 0.3 is 0 Å². The highest BCUT2D eigenvalue weighted by atomic mass is 127. The summed E-state index contributed by atoms with van der Waals surface area (Å²) in [5.41, 5.74) is 0.201. The minimum atomic E-state index is 0. The first kappa shape index (κ1) is 18.0. The third-order valence-corrected chi connectivity index (χ3v) is 3.78. The zero-order chi connectivity index (χ0) is 13.6. The van der Waals surface area contributed by atoms with Gasteiger partial charge in [0.05, 0.1) is 19.3 Å². The first-order valence-corrected chi connectivity index (χ1v) is 7.43. The first-order valence-electron chi connectivity index (χ1n) is 7.43. The molecular weight excluding hydrogens is 369 g/mol. The number of hydrogen-bond acceptors (Lipinski definition) is 3. The van der Waals surface area contributed by atoms with Crippen LogP contribution in [-0.2, 0) is 9.47 Å². The highest BCUT2D eigenvalue weighted by Gasteiger charge is 2.29. The van der Waals surface area contributed by atoms with Crippen molar-refractivity contribution in [3.63, 3.8) is 0 Å². The highest BCUT2D eigenvalue weighted by molar-refractivity contribution is 14.0. The molecule has 0 radical (unpaired) electrons. The van der Waals surface area contributed by atoms with Gasteiger partial charge in [-0.3, -0.25) is 4.99 Å². The fraction of sp³-hybridized carbons (Fsp3) is 0.929. The Morgan fingerprint density at radius 1 is 1.35 bits per heavy atom. The van der Waals surface area contributed by atoms with E-state index in [-0.39, 0.29) is 29.4 Å². The lowest BCUT2D eigenvalue weighted by Crippen LogP contribution is -2.41. The van der Waals surface area contributed by atoms with Crippen LogP contribution < -0.4 is 10.6 Å². The van der Waals surface area contributed by atoms with Crippen molar-refractivity contribution in [3.05, 3.63) is 0 Å². The maximum Gasteiger partial charge on any atom is 0.191 e. The lowest BCUT2D eigenvalue weighted by atomic mass is 9.90. The van der Waals surface area contributed by atoms with E-state index in [1.54, 1.807) is 0 Å². The molecule has 2 unspecified atom stereocenters. The van der Waals surface area contributed by atoms with Gasteiger partial charge in [-0.15, -0.1) is 24.0 Å². The van der Waals surface area contributed by atoms with E-state index in [9.17, 15) is 0 Å². The number of rotatable bonds is 5. The molecule has 0 aliphatic carbocycles. The summed E-state index contributed by atoms with van der Waals surface area (Å²) in [5.74, 6) is 0.895. The van der Waals surface area contributed by atoms with Crippen molar-refractivity contribution in [2.45, 2.75) is 39.2 Å². The molecule has 2 aliphatic heterocycles. The minimum absolute atomic E-state index is 0. The molecule has 2 fully saturated rings. The van der Waals surface area contributed by atoms with Crippen LogP contribution in [-0.4, -0.2) is 51.5 Å². The van der Waals surface area contributed by atoms with Gasteiger partial charge in [-0.1, -0.05) is 6.92 Å². The smallest absolute Gasteiger partial charge is 0.191 e. The molecule has 0 bridgehead atoms. The quantitative estimate of drug-likeness (QED) is 0.422. The van der Waals surface area contributed by atoms with Gasteiger partial charge in [-0.25, -0.2) is 0 Å². The van der Waals surface area contributed by atoms with Crippen molar-refractivity contribution in [1.29, 1.82) is 0 Å². The molecule has 0 saturated carbocycles. The summed E-state index contributed by atoms with van der Waals surface area (Å²) in [6.45, 7) is 9.46. The van der Waals surface area contributed by atoms with Crippen LogP contribution >= 0.6 is 24.0 Å². The zero-order valence-electron chi connectivity index (χ0n) is 12.6. The normalized spacial score (nSPS) is 30.1. The lowest BCUT2D eigenvalue weighted by Gasteiger charge is -2.20. The molecule has 0 aromatic heterocycles. The van der Waals surface area contributed by atoms with Gasteiger partial charge < -0.3 is 20.1 Å². The van der Waals surface area contributed by atoms with Crippen LogP contribution in [0, 0.1) is 5.41 Å². The van der Waals surface area contributed by atoms with Gasteiger partial charge in [-0.2, -0.15) is 0 Å². The average molecular weight is 397 g/mol. The van der Waals surface area contributed by atoms with Crippen molar-refractivity contribution in [2.24, 2.45) is 10.4 Å². The summed E-state index contributed by atoms with van der Waals surface area (Å²) in [6, 6.07) is 0. The molecule has 0 aromatic carbocycles. The van der Waals surface area contributed by atoms with Crippen molar-refractivity contribution in [1.82, 2.24) is 10.6 Å². The van der Waals surface area contributed by atoms with Crippen molar-refractivity contribution in [2.75, 3.05) is 39.5 Å². The highest BCUT2D eigenvalue weighted by Crippen LogP contribution is 2.27. The third-order valence-electron chi connectivity index (χ3n) is 3.78. The Balaban J connectivity index is 0.00000200. The van der Waals surface area contributed by atoms with E-state index in [2.05, 4.69) is 29.5 Å². The van der Waals surface area contributed by atoms with Gasteiger partial charge in [0.15, 0.2) is 5.96 Å². The molecule has 2 atom stereocenters. The number of nitrogens with one attached hydrogen (secondary N) is 2. The van der Waals surface area contributed by atoms with E-state index in [1.165, 1.54) is 6.42 Å². The van der Waals surface area contributed by atoms with E-state index in [0.29, 0.717) is 6.10 Å². The molecule has 2 rings (SSSR count). The van der Waals surface area contributed by atoms with Crippen LogP contribution in [0.15, 0.2) is 4.99 Å². The molecule has 0 spiro atoms. The predicted octanol–water partition coefficient (Wildman–Crippen LogP) is 1.77. The van der Waals surface area contributed by atoms with Gasteiger partial charge in [-0.05, 0) is 26.2 Å². The number of guanidine groups is 1. The average Bonchev–Trinajstić information content (AvgIpc) is 3.05. The molecule has 118 valence electrons. The van der Waals surface area contributed by atoms with Crippen LogP contribution in [0.25, 0.3) is 0 Å². The molecule has 2 aliphatic rings. The van der Waals surface area contributed by atoms with E-state index in [1.807, 2.05) is 0 Å². The monoisotopic (exact) mass is 397 g/mol. The molecule has 0 aromatic rings. The van der Waals surface area contributed by atoms with E-state index in [4.69, 9.17) is 9.47 Å². The van der Waals surface area contributed by atoms with Crippen LogP contribution in [0.1, 0.15) is 33.1 Å². The number of aliphatic imine (C=N–C) groups is 1. The molecule has 2 N–H and O–H groups in total. The fourth-order valence-corrected chi connectivity index (χ4v) is 2.46. The Bertz CT molecular complexity index is 301. The SMILES string of the molecule is CCNC(=NCC1(C)CCOC1)NCC1CCCO1.I. The van der Waals surface area contributed by atoms with Crippen LogP contribution in [0.3, 0.4) is 0 Å². The third kappa shape index (κ3) is 5.73. The Morgan fingerprint density at radius 3 is 2.80 bits per heavy atom. The summed E-state index contributed by atoms with van der Waals surface area (Å²) in [6.07, 6.45) is 3.77. The van der Waals surface area contributed by atoms with Gasteiger partial charge in [0.25, 0.3) is 0 Å². The first-order chi connectivity index (χ1) is 9.22. The molecular formula is C14H28IN3O2. The maximum atomic E-state index is 5.61. The minimum Gasteiger partial charge on any atom is -0.381 e. The Labute approximate surface area is 139 Å². The number of nitrogens with zero attached hydrogens (tertiary/aromatic N) is 1. The van der Waals surface area contributed by atoms with Crippen molar-refractivity contribution < 1.29 is 9.47 Å². The molecule has 6 heteroatoms. The summed E-state index contributed by atoms with van der Waals surface area (Å²) < 4.78 is 11.1. The van der Waals surface area contributed by atoms with Gasteiger partial charge in [0.2, 0.25) is 0 Å². The number of hydrogen-bond donors (Lipinski definition) is 2. The number of halogens is 1. The summed E-state index contributed by atoms with van der Waals surface area (Å²) in [4.78, 5) is 4.69. The van der Waals surface area contributed by atoms with Crippen LogP contribution in [0.2, 0.25) is 0 Å². The van der Waals surface area contributed by atoms with E-state index >= 15 is 0 Å². The van der Waals surface area contributed by atoms with E-state index in [0.717, 1.165) is 58.3 Å². The molecule has 20 heavy (non-hydrogen) atoms. The summed E-state index contributed by atoms with van der Waals surface area (Å²) in [5, 5.41) is 6.67. The van der Waals surface area contributed by atoms with E-state index < -0.39 is 0 Å². The Morgan fingerprint density at radius 2 is 2.20 bits per heavy atom. The number of ether oxygens (including phenoxy) is 2. The van der Waals surface area contributed by atoms with Gasteiger partial charge in [0.1, 0.15) is 0 Å².